The lowest BCUT2D eigenvalue weighted by Gasteiger charge is -2.35. The number of hydrogen-bond donors (Lipinski definition) is 1. The van der Waals surface area contributed by atoms with Crippen LogP contribution >= 0.6 is 23.5 Å². The topological polar surface area (TPSA) is 257 Å². The summed E-state index contributed by atoms with van der Waals surface area (Å²) in [6, 6.07) is 34.0. The lowest BCUT2D eigenvalue weighted by molar-refractivity contribution is -0.252. The van der Waals surface area contributed by atoms with Crippen molar-refractivity contribution in [1.29, 1.82) is 0 Å². The zero-order valence-electron chi connectivity index (χ0n) is 30.7. The molecule has 0 bridgehead atoms. The smallest absolute Gasteiger partial charge is 0.351 e. The van der Waals surface area contributed by atoms with Crippen LogP contribution in [0.25, 0.3) is 32.3 Å². The highest BCUT2D eigenvalue weighted by atomic mass is 32.2. The van der Waals surface area contributed by atoms with Crippen molar-refractivity contribution in [2.24, 2.45) is 0 Å². The molecule has 0 amide bonds. The van der Waals surface area contributed by atoms with Gasteiger partial charge in [-0.25, -0.2) is 21.8 Å². The number of sulfone groups is 1. The molecule has 6 aromatic carbocycles. The van der Waals surface area contributed by atoms with Gasteiger partial charge in [-0.15, -0.1) is 0 Å². The maximum absolute atomic E-state index is 13.5. The van der Waals surface area contributed by atoms with Crippen LogP contribution in [0, 0.1) is 0 Å². The van der Waals surface area contributed by atoms with Crippen LogP contribution in [-0.4, -0.2) is 49.1 Å². The van der Waals surface area contributed by atoms with E-state index in [0.717, 1.165) is 26.1 Å². The van der Waals surface area contributed by atoms with Gasteiger partial charge in [0.05, 0.1) is 23.9 Å². The summed E-state index contributed by atoms with van der Waals surface area (Å²) in [5.41, 5.74) is -0.190. The Balaban J connectivity index is 0.927. The second-order valence-corrected chi connectivity index (χ2v) is 19.9. The summed E-state index contributed by atoms with van der Waals surface area (Å²) in [6.45, 7) is -1.70. The zero-order chi connectivity index (χ0) is 42.3. The molecule has 1 aliphatic rings. The largest absolute Gasteiger partial charge is 0.756 e. The summed E-state index contributed by atoms with van der Waals surface area (Å²) < 4.78 is 95.3. The van der Waals surface area contributed by atoms with Crippen molar-refractivity contribution in [2.75, 3.05) is 24.3 Å². The van der Waals surface area contributed by atoms with E-state index in [1.54, 1.807) is 66.7 Å². The Kier molecular flexibility index (Phi) is 11.6. The molecule has 22 heteroatoms. The van der Waals surface area contributed by atoms with Crippen molar-refractivity contribution in [3.05, 3.63) is 138 Å². The van der Waals surface area contributed by atoms with E-state index >= 15 is 0 Å². The molecule has 0 spiro atoms. The summed E-state index contributed by atoms with van der Waals surface area (Å²) in [5, 5.41) is 7.44. The number of para-hydroxylation sites is 2. The van der Waals surface area contributed by atoms with Crippen molar-refractivity contribution < 1.29 is 63.9 Å². The molecule has 1 fully saturated rings. The Bertz CT molecular complexity index is 3000. The first-order valence-corrected chi connectivity index (χ1v) is 23.9. The third-order valence-electron chi connectivity index (χ3n) is 9.33. The van der Waals surface area contributed by atoms with Gasteiger partial charge in [-0.2, -0.15) is 4.98 Å². The van der Waals surface area contributed by atoms with Crippen molar-refractivity contribution >= 4 is 77.1 Å². The van der Waals surface area contributed by atoms with Gasteiger partial charge in [-0.05, 0) is 63.3 Å². The normalized spacial score (nSPS) is 20.1. The molecule has 1 saturated heterocycles. The molecular weight excluding hydrogens is 863 g/mol. The first-order chi connectivity index (χ1) is 28.6. The predicted molar refractivity (Wildman–Crippen MR) is 212 cm³/mol. The minimum Gasteiger partial charge on any atom is -0.756 e. The van der Waals surface area contributed by atoms with Gasteiger partial charge in [0.2, 0.25) is 0 Å². The Morgan fingerprint density at radius 2 is 1.38 bits per heavy atom. The van der Waals surface area contributed by atoms with Crippen LogP contribution in [-0.2, 0) is 45.9 Å². The number of phosphoric acid groups is 3. The van der Waals surface area contributed by atoms with Gasteiger partial charge in [-0.1, -0.05) is 84.9 Å². The number of aromatic nitrogens is 2. The van der Waals surface area contributed by atoms with Crippen molar-refractivity contribution in [2.45, 2.75) is 23.3 Å². The van der Waals surface area contributed by atoms with Crippen LogP contribution in [0.5, 0.6) is 5.75 Å². The number of anilines is 2. The van der Waals surface area contributed by atoms with E-state index in [4.69, 9.17) is 14.0 Å². The Morgan fingerprint density at radius 3 is 2.08 bits per heavy atom. The molecule has 1 aromatic heterocycles. The monoisotopic (exact) mass is 894 g/mol. The molecule has 8 rings (SSSR count). The summed E-state index contributed by atoms with van der Waals surface area (Å²) in [6.07, 6.45) is -3.19. The first kappa shape index (κ1) is 41.9. The van der Waals surface area contributed by atoms with E-state index in [9.17, 15) is 41.6 Å². The minimum atomic E-state index is -6.35. The zero-order valence-corrected chi connectivity index (χ0v) is 34.2. The maximum atomic E-state index is 13.5. The van der Waals surface area contributed by atoms with Crippen molar-refractivity contribution in [3.63, 3.8) is 0 Å². The summed E-state index contributed by atoms with van der Waals surface area (Å²) in [4.78, 5) is 55.2. The first-order valence-electron chi connectivity index (χ1n) is 17.9. The maximum Gasteiger partial charge on any atom is 0.351 e. The van der Waals surface area contributed by atoms with Crippen LogP contribution in [0.3, 0.4) is 0 Å². The molecule has 0 saturated carbocycles. The number of nitrogens with zero attached hydrogens (tertiary/aromatic N) is 2. The van der Waals surface area contributed by atoms with Gasteiger partial charge in [0.1, 0.15) is 17.7 Å². The quantitative estimate of drug-likeness (QED) is 0.0969. The number of nitrogens with one attached hydrogen (secondary N) is 1. The van der Waals surface area contributed by atoms with E-state index in [1.807, 2.05) is 30.3 Å². The average Bonchev–Trinajstić information content (AvgIpc) is 3.56. The molecule has 1 N–H and O–H groups in total. The fourth-order valence-electron chi connectivity index (χ4n) is 6.85. The van der Waals surface area contributed by atoms with Gasteiger partial charge >= 0.3 is 5.69 Å². The lowest BCUT2D eigenvalue weighted by Crippen LogP contribution is -2.40. The van der Waals surface area contributed by atoms with Crippen LogP contribution in [0.15, 0.2) is 137 Å². The molecule has 4 unspecified atom stereocenters. The van der Waals surface area contributed by atoms with Gasteiger partial charge in [0, 0.05) is 17.3 Å². The molecular formula is C38H31N3O15P3S-3. The fourth-order valence-corrected chi connectivity index (χ4v) is 11.8. The highest BCUT2D eigenvalue weighted by molar-refractivity contribution is 7.91. The van der Waals surface area contributed by atoms with E-state index in [0.29, 0.717) is 16.5 Å². The lowest BCUT2D eigenvalue weighted by atomic mass is 9.94. The molecule has 0 radical (unpaired) electrons. The molecule has 60 heavy (non-hydrogen) atoms. The van der Waals surface area contributed by atoms with Gasteiger partial charge in [-0.3, -0.25) is 18.3 Å². The van der Waals surface area contributed by atoms with Crippen LogP contribution in [0.2, 0.25) is 0 Å². The van der Waals surface area contributed by atoms with E-state index in [1.165, 1.54) is 30.5 Å². The van der Waals surface area contributed by atoms with Crippen LogP contribution < -0.4 is 30.4 Å². The summed E-state index contributed by atoms with van der Waals surface area (Å²) in [5.74, 6) is -0.571. The van der Waals surface area contributed by atoms with Crippen molar-refractivity contribution in [1.82, 2.24) is 9.55 Å². The number of benzene rings is 6. The predicted octanol–water partition coefficient (Wildman–Crippen LogP) is 5.17. The Labute approximate surface area is 341 Å². The molecule has 7 aromatic rings. The van der Waals surface area contributed by atoms with Crippen LogP contribution in [0.4, 0.5) is 11.5 Å². The Morgan fingerprint density at radius 1 is 0.750 bits per heavy atom. The summed E-state index contributed by atoms with van der Waals surface area (Å²) in [7, 11) is -22.6. The molecule has 1 aliphatic heterocycles. The SMILES string of the molecule is O=c1nc(Nc2ccccc2)ccn1[C@@H]1OC[C@H](OP(=O)([O-])OP(=O)([O-])OP(=O)([O-])OCCS(=O)(=O)c2ccc3ccc4cccc5ccc2c3c45)C1Oc1ccccc1. The van der Waals surface area contributed by atoms with E-state index in [-0.39, 0.29) is 16.5 Å². The third kappa shape index (κ3) is 9.23. The summed E-state index contributed by atoms with van der Waals surface area (Å²) >= 11 is 0. The fraction of sp³-hybridized carbons (Fsp3) is 0.158. The average molecular weight is 895 g/mol. The van der Waals surface area contributed by atoms with Crippen LogP contribution in [0.1, 0.15) is 6.23 Å². The highest BCUT2D eigenvalue weighted by Crippen LogP contribution is 2.63. The molecule has 18 nitrogen and oxygen atoms in total. The number of hydrogen-bond acceptors (Lipinski definition) is 17. The van der Waals surface area contributed by atoms with E-state index in [2.05, 4.69) is 23.4 Å². The number of ether oxygens (including phenoxy) is 2. The Hall–Kier alpha value is -4.84. The molecule has 312 valence electrons. The minimum absolute atomic E-state index is 0.119. The molecule has 2 heterocycles. The molecule has 6 atom stereocenters. The van der Waals surface area contributed by atoms with Gasteiger partial charge < -0.3 is 38.5 Å². The standard InChI is InChI=1S/C38H34N3O15P3S/c42-38-40-33(39-28-10-3-1-4-11-28)20-21-41(38)37-36(53-29-12-5-2-6-13-29)31(24-51-37)54-58(45,46)56-59(47,48)55-57(43,44)52-22-23-60(49,50)32-19-17-27-15-14-25-8-7-9-26-16-18-30(32)35(27)34(25)26/h1-21,31,36-37H,22-24H2,(H,43,44)(H,45,46)(H,47,48)(H,39,40,42)/p-3/t31-,36?,37+/m0/s1. The number of phosphoric ester groups is 2. The van der Waals surface area contributed by atoms with Gasteiger partial charge in [0.25, 0.3) is 23.5 Å². The molecule has 0 aliphatic carbocycles. The second-order valence-electron chi connectivity index (χ2n) is 13.3. The highest BCUT2D eigenvalue weighted by Gasteiger charge is 2.44. The van der Waals surface area contributed by atoms with Gasteiger partial charge in [0.15, 0.2) is 22.2 Å². The van der Waals surface area contributed by atoms with E-state index < -0.39 is 76.4 Å². The second kappa shape index (κ2) is 16.6. The number of rotatable bonds is 16. The van der Waals surface area contributed by atoms with Crippen molar-refractivity contribution in [3.8, 4) is 5.75 Å². The third-order valence-corrected chi connectivity index (χ3v) is 15.3.